The molecule has 6 heteroatoms. The zero-order chi connectivity index (χ0) is 19.6. The van der Waals surface area contributed by atoms with Crippen molar-refractivity contribution in [1.29, 1.82) is 5.26 Å². The summed E-state index contributed by atoms with van der Waals surface area (Å²) in [4.78, 5) is 17.1. The maximum Gasteiger partial charge on any atom is 0.234 e. The lowest BCUT2D eigenvalue weighted by Gasteiger charge is -2.09. The largest absolute Gasteiger partial charge is 0.489 e. The molecule has 1 heterocycles. The van der Waals surface area contributed by atoms with E-state index >= 15 is 0 Å². The van der Waals surface area contributed by atoms with Gasteiger partial charge in [-0.25, -0.2) is 0 Å². The van der Waals surface area contributed by atoms with Gasteiger partial charge >= 0.3 is 0 Å². The zero-order valence-corrected chi connectivity index (χ0v) is 16.0. The van der Waals surface area contributed by atoms with Crippen LogP contribution in [0.1, 0.15) is 11.1 Å². The maximum absolute atomic E-state index is 12.2. The summed E-state index contributed by atoms with van der Waals surface area (Å²) in [5.74, 6) is 1.01. The first-order valence-electron chi connectivity index (χ1n) is 8.73. The first kappa shape index (κ1) is 19.5. The molecule has 0 radical (unpaired) electrons. The van der Waals surface area contributed by atoms with Gasteiger partial charge in [-0.2, -0.15) is 5.26 Å². The Bertz CT molecular complexity index is 954. The van der Waals surface area contributed by atoms with Crippen molar-refractivity contribution in [2.24, 2.45) is 0 Å². The second kappa shape index (κ2) is 10.1. The van der Waals surface area contributed by atoms with Gasteiger partial charge < -0.3 is 10.1 Å². The third kappa shape index (κ3) is 6.15. The lowest BCUT2D eigenvalue weighted by atomic mass is 10.1. The number of hydrogen-bond acceptors (Lipinski definition) is 5. The molecule has 2 aromatic carbocycles. The predicted octanol–water partition coefficient (Wildman–Crippen LogP) is 4.46. The molecule has 0 aliphatic heterocycles. The second-order valence-electron chi connectivity index (χ2n) is 5.99. The Hall–Kier alpha value is -3.30. The van der Waals surface area contributed by atoms with Gasteiger partial charge in [0.2, 0.25) is 5.91 Å². The Morgan fingerprint density at radius 2 is 1.86 bits per heavy atom. The Balaban J connectivity index is 1.50. The van der Waals surface area contributed by atoms with E-state index in [1.807, 2.05) is 60.7 Å². The zero-order valence-electron chi connectivity index (χ0n) is 15.2. The average molecular weight is 389 g/mol. The first-order chi connectivity index (χ1) is 13.7. The molecule has 5 nitrogen and oxygen atoms in total. The topological polar surface area (TPSA) is 75.0 Å². The lowest BCUT2D eigenvalue weighted by Crippen LogP contribution is -2.14. The average Bonchev–Trinajstić information content (AvgIpc) is 2.73. The van der Waals surface area contributed by atoms with E-state index in [0.717, 1.165) is 27.5 Å². The molecule has 0 aliphatic rings. The first-order valence-corrected chi connectivity index (χ1v) is 9.72. The van der Waals surface area contributed by atoms with Gasteiger partial charge in [-0.1, -0.05) is 24.3 Å². The predicted molar refractivity (Wildman–Crippen MR) is 110 cm³/mol. The van der Waals surface area contributed by atoms with Crippen LogP contribution in [0.2, 0.25) is 0 Å². The highest BCUT2D eigenvalue weighted by molar-refractivity contribution is 8.00. The molecular weight excluding hydrogens is 370 g/mol. The maximum atomic E-state index is 12.2. The van der Waals surface area contributed by atoms with Crippen LogP contribution in [-0.2, 0) is 17.8 Å². The molecule has 0 aliphatic carbocycles. The summed E-state index contributed by atoms with van der Waals surface area (Å²) in [6, 6.07) is 21.0. The highest BCUT2D eigenvalue weighted by Gasteiger charge is 2.05. The number of nitriles is 1. The van der Waals surface area contributed by atoms with Crippen molar-refractivity contribution < 1.29 is 9.53 Å². The van der Waals surface area contributed by atoms with Crippen LogP contribution in [0.3, 0.4) is 0 Å². The number of pyridine rings is 1. The quantitative estimate of drug-likeness (QED) is 0.576. The Labute approximate surface area is 168 Å². The minimum atomic E-state index is -0.0621. The fourth-order valence-corrected chi connectivity index (χ4v) is 3.16. The number of rotatable bonds is 8. The van der Waals surface area contributed by atoms with Crippen LogP contribution in [0.4, 0.5) is 5.69 Å². The van der Waals surface area contributed by atoms with Crippen molar-refractivity contribution in [3.8, 4) is 11.8 Å². The van der Waals surface area contributed by atoms with Crippen LogP contribution in [-0.4, -0.2) is 16.6 Å². The van der Waals surface area contributed by atoms with Crippen molar-refractivity contribution in [3.63, 3.8) is 0 Å². The Morgan fingerprint density at radius 3 is 2.61 bits per heavy atom. The number of thioether (sulfide) groups is 1. The van der Waals surface area contributed by atoms with E-state index in [-0.39, 0.29) is 5.91 Å². The molecule has 0 fully saturated rings. The van der Waals surface area contributed by atoms with E-state index in [1.165, 1.54) is 11.8 Å². The number of carbonyl (C=O) groups is 1. The molecule has 0 spiro atoms. The van der Waals surface area contributed by atoms with Crippen LogP contribution in [0.5, 0.6) is 5.75 Å². The standard InChI is InChI=1S/C22H19N3O2S/c23-11-8-17-4-6-20(7-5-17)27-15-18-2-1-3-19(14-18)25-22(26)16-28-21-9-12-24-13-10-21/h1-7,9-10,12-14H,8,15-16H2,(H,25,26). The molecule has 0 saturated heterocycles. The van der Waals surface area contributed by atoms with Gasteiger partial charge in [-0.3, -0.25) is 9.78 Å². The SMILES string of the molecule is N#CCc1ccc(OCc2cccc(NC(=O)CSc3ccncc3)c2)cc1. The smallest absolute Gasteiger partial charge is 0.234 e. The van der Waals surface area contributed by atoms with Crippen molar-refractivity contribution in [2.45, 2.75) is 17.9 Å². The minimum Gasteiger partial charge on any atom is -0.489 e. The molecule has 0 saturated carbocycles. The van der Waals surface area contributed by atoms with Gasteiger partial charge in [-0.15, -0.1) is 11.8 Å². The second-order valence-corrected chi connectivity index (χ2v) is 7.04. The molecule has 1 N–H and O–H groups in total. The summed E-state index contributed by atoms with van der Waals surface area (Å²) in [6.07, 6.45) is 3.81. The van der Waals surface area contributed by atoms with Gasteiger partial charge in [0.05, 0.1) is 18.2 Å². The third-order valence-corrected chi connectivity index (χ3v) is 4.85. The molecule has 0 bridgehead atoms. The van der Waals surface area contributed by atoms with Crippen LogP contribution in [0.25, 0.3) is 0 Å². The summed E-state index contributed by atoms with van der Waals surface area (Å²) in [7, 11) is 0. The van der Waals surface area contributed by atoms with Gasteiger partial charge in [0, 0.05) is 23.0 Å². The van der Waals surface area contributed by atoms with E-state index in [4.69, 9.17) is 10.00 Å². The number of benzene rings is 2. The summed E-state index contributed by atoms with van der Waals surface area (Å²) in [6.45, 7) is 0.396. The van der Waals surface area contributed by atoms with Gasteiger partial charge in [0.25, 0.3) is 0 Å². The monoisotopic (exact) mass is 389 g/mol. The number of aromatic nitrogens is 1. The molecule has 140 valence electrons. The molecular formula is C22H19N3O2S. The molecule has 3 aromatic rings. The number of anilines is 1. The molecule has 1 aromatic heterocycles. The van der Waals surface area contributed by atoms with Crippen molar-refractivity contribution in [2.75, 3.05) is 11.1 Å². The molecule has 0 unspecified atom stereocenters. The summed E-state index contributed by atoms with van der Waals surface area (Å²) >= 11 is 1.47. The Morgan fingerprint density at radius 1 is 1.07 bits per heavy atom. The van der Waals surface area contributed by atoms with E-state index in [0.29, 0.717) is 18.8 Å². The number of amides is 1. The van der Waals surface area contributed by atoms with E-state index in [9.17, 15) is 4.79 Å². The third-order valence-electron chi connectivity index (χ3n) is 3.84. The molecule has 1 amide bonds. The number of ether oxygens (including phenoxy) is 1. The molecule has 28 heavy (non-hydrogen) atoms. The van der Waals surface area contributed by atoms with Crippen LogP contribution in [0, 0.1) is 11.3 Å². The number of nitrogens with zero attached hydrogens (tertiary/aromatic N) is 2. The molecule has 3 rings (SSSR count). The van der Waals surface area contributed by atoms with Gasteiger partial charge in [0.15, 0.2) is 0 Å². The summed E-state index contributed by atoms with van der Waals surface area (Å²) in [5, 5.41) is 11.6. The fraction of sp³-hybridized carbons (Fsp3) is 0.136. The molecule has 0 atom stereocenters. The van der Waals surface area contributed by atoms with Gasteiger partial charge in [0.1, 0.15) is 12.4 Å². The van der Waals surface area contributed by atoms with Crippen molar-refractivity contribution in [1.82, 2.24) is 4.98 Å². The normalized spacial score (nSPS) is 10.1. The van der Waals surface area contributed by atoms with Gasteiger partial charge in [-0.05, 0) is 47.5 Å². The summed E-state index contributed by atoms with van der Waals surface area (Å²) in [5.41, 5.74) is 2.66. The van der Waals surface area contributed by atoms with E-state index in [2.05, 4.69) is 16.4 Å². The highest BCUT2D eigenvalue weighted by Crippen LogP contribution is 2.19. The van der Waals surface area contributed by atoms with Crippen LogP contribution >= 0.6 is 11.8 Å². The number of nitrogens with one attached hydrogen (secondary N) is 1. The van der Waals surface area contributed by atoms with E-state index < -0.39 is 0 Å². The van der Waals surface area contributed by atoms with Crippen LogP contribution < -0.4 is 10.1 Å². The van der Waals surface area contributed by atoms with Crippen molar-refractivity contribution in [3.05, 3.63) is 84.2 Å². The fourth-order valence-electron chi connectivity index (χ4n) is 2.48. The summed E-state index contributed by atoms with van der Waals surface area (Å²) < 4.78 is 5.78. The highest BCUT2D eigenvalue weighted by atomic mass is 32.2. The van der Waals surface area contributed by atoms with Crippen LogP contribution in [0.15, 0.2) is 78.0 Å². The Kier molecular flexibility index (Phi) is 7.05. The minimum absolute atomic E-state index is 0.0621. The number of hydrogen-bond donors (Lipinski definition) is 1. The lowest BCUT2D eigenvalue weighted by molar-refractivity contribution is -0.113. The number of carbonyl (C=O) groups excluding carboxylic acids is 1. The van der Waals surface area contributed by atoms with E-state index in [1.54, 1.807) is 12.4 Å². The van der Waals surface area contributed by atoms with Crippen molar-refractivity contribution >= 4 is 23.4 Å².